The summed E-state index contributed by atoms with van der Waals surface area (Å²) in [5.41, 5.74) is 0. The van der Waals surface area contributed by atoms with Crippen molar-refractivity contribution in [3.63, 3.8) is 0 Å². The lowest BCUT2D eigenvalue weighted by Crippen LogP contribution is -2.52. The lowest BCUT2D eigenvalue weighted by Gasteiger charge is -2.36. The van der Waals surface area contributed by atoms with E-state index in [0.29, 0.717) is 18.8 Å². The molecule has 5 nitrogen and oxygen atoms in total. The zero-order valence-corrected chi connectivity index (χ0v) is 12.4. The smallest absolute Gasteiger partial charge is 0.228 e. The van der Waals surface area contributed by atoms with Gasteiger partial charge in [-0.15, -0.1) is 0 Å². The highest BCUT2D eigenvalue weighted by molar-refractivity contribution is 8.00. The molecule has 0 aromatic rings. The van der Waals surface area contributed by atoms with E-state index in [4.69, 9.17) is 0 Å². The van der Waals surface area contributed by atoms with Crippen molar-refractivity contribution in [1.82, 2.24) is 10.2 Å². The molecule has 1 unspecified atom stereocenters. The fourth-order valence-corrected chi connectivity index (χ4v) is 5.36. The largest absolute Gasteiger partial charge is 0.324 e. The Morgan fingerprint density at radius 3 is 2.67 bits per heavy atom. The van der Waals surface area contributed by atoms with Gasteiger partial charge in [-0.25, -0.2) is 8.42 Å². The lowest BCUT2D eigenvalue weighted by molar-refractivity contribution is -0.136. The Hall–Kier alpha value is -0.270. The summed E-state index contributed by atoms with van der Waals surface area (Å²) < 4.78 is 23.5. The van der Waals surface area contributed by atoms with Gasteiger partial charge in [0.25, 0.3) is 0 Å². The third kappa shape index (κ3) is 2.83. The number of nitrogens with zero attached hydrogens (tertiary/aromatic N) is 1. The van der Waals surface area contributed by atoms with Crippen molar-refractivity contribution in [2.45, 2.75) is 12.3 Å². The van der Waals surface area contributed by atoms with Crippen LogP contribution in [0.3, 0.4) is 0 Å². The molecule has 1 amide bonds. The van der Waals surface area contributed by atoms with Crippen LogP contribution in [0.25, 0.3) is 0 Å². The van der Waals surface area contributed by atoms with E-state index in [-0.39, 0.29) is 17.7 Å². The van der Waals surface area contributed by atoms with Gasteiger partial charge in [0.1, 0.15) is 5.37 Å². The van der Waals surface area contributed by atoms with Crippen molar-refractivity contribution >= 4 is 27.5 Å². The molecule has 0 bridgehead atoms. The lowest BCUT2D eigenvalue weighted by atomic mass is 9.96. The van der Waals surface area contributed by atoms with Crippen LogP contribution in [-0.2, 0) is 14.6 Å². The van der Waals surface area contributed by atoms with E-state index in [2.05, 4.69) is 5.32 Å². The Morgan fingerprint density at radius 2 is 2.11 bits per heavy atom. The molecular weight excluding hydrogens is 272 g/mol. The summed E-state index contributed by atoms with van der Waals surface area (Å²) in [6.45, 7) is 4.09. The van der Waals surface area contributed by atoms with Gasteiger partial charge in [0.05, 0.1) is 5.92 Å². The summed E-state index contributed by atoms with van der Waals surface area (Å²) in [6.07, 6.45) is 1.22. The molecule has 0 aromatic carbocycles. The molecule has 104 valence electrons. The van der Waals surface area contributed by atoms with E-state index in [1.807, 2.05) is 6.92 Å². The fraction of sp³-hybridized carbons (Fsp3) is 0.909. The van der Waals surface area contributed by atoms with E-state index < -0.39 is 15.2 Å². The Morgan fingerprint density at radius 1 is 1.39 bits per heavy atom. The zero-order chi connectivity index (χ0) is 13.3. The maximum atomic E-state index is 12.5. The second-order valence-corrected chi connectivity index (χ2v) is 8.49. The van der Waals surface area contributed by atoms with Crippen LogP contribution in [-0.4, -0.2) is 62.0 Å². The van der Waals surface area contributed by atoms with Gasteiger partial charge in [0, 0.05) is 30.9 Å². The Labute approximate surface area is 113 Å². The molecule has 1 N–H and O–H groups in total. The molecule has 2 rings (SSSR count). The molecule has 2 aliphatic heterocycles. The molecule has 2 heterocycles. The fourth-order valence-electron chi connectivity index (χ4n) is 2.54. The van der Waals surface area contributed by atoms with E-state index in [1.165, 1.54) is 6.26 Å². The number of hydrogen-bond donors (Lipinski definition) is 1. The van der Waals surface area contributed by atoms with Gasteiger partial charge in [0.2, 0.25) is 5.91 Å². The first-order valence-electron chi connectivity index (χ1n) is 6.19. The van der Waals surface area contributed by atoms with Gasteiger partial charge in [-0.3, -0.25) is 4.79 Å². The quantitative estimate of drug-likeness (QED) is 0.763. The molecule has 2 aliphatic rings. The molecular formula is C11H20N2O3S2. The summed E-state index contributed by atoms with van der Waals surface area (Å²) in [5.74, 6) is 1.54. The van der Waals surface area contributed by atoms with Crippen molar-refractivity contribution in [2.24, 2.45) is 11.8 Å². The molecule has 0 saturated carbocycles. The molecule has 3 atom stereocenters. The predicted molar refractivity (Wildman–Crippen MR) is 73.2 cm³/mol. The summed E-state index contributed by atoms with van der Waals surface area (Å²) in [6, 6.07) is 0. The summed E-state index contributed by atoms with van der Waals surface area (Å²) in [5, 5.41) is 2.55. The molecule has 0 aliphatic carbocycles. The zero-order valence-electron chi connectivity index (χ0n) is 10.8. The van der Waals surface area contributed by atoms with Crippen molar-refractivity contribution in [2.75, 3.05) is 37.4 Å². The SMILES string of the molecule is C[C@@H]1CNC[C@H]1C(=O)N1CCSCC1S(C)(=O)=O. The number of carbonyl (C=O) groups is 1. The number of amides is 1. The van der Waals surface area contributed by atoms with Crippen LogP contribution in [0.5, 0.6) is 0 Å². The van der Waals surface area contributed by atoms with Crippen molar-refractivity contribution in [1.29, 1.82) is 0 Å². The first kappa shape index (κ1) is 14.1. The molecule has 7 heteroatoms. The topological polar surface area (TPSA) is 66.5 Å². The van der Waals surface area contributed by atoms with Crippen molar-refractivity contribution in [3.05, 3.63) is 0 Å². The second kappa shape index (κ2) is 5.38. The monoisotopic (exact) mass is 292 g/mol. The van der Waals surface area contributed by atoms with E-state index >= 15 is 0 Å². The molecule has 0 radical (unpaired) electrons. The summed E-state index contributed by atoms with van der Waals surface area (Å²) >= 11 is 1.61. The van der Waals surface area contributed by atoms with Gasteiger partial charge < -0.3 is 10.2 Å². The van der Waals surface area contributed by atoms with Crippen molar-refractivity contribution in [3.8, 4) is 0 Å². The highest BCUT2D eigenvalue weighted by atomic mass is 32.2. The highest BCUT2D eigenvalue weighted by Gasteiger charge is 2.39. The number of carbonyl (C=O) groups excluding carboxylic acids is 1. The Balaban J connectivity index is 2.16. The number of rotatable bonds is 2. The Kier molecular flexibility index (Phi) is 4.23. The summed E-state index contributed by atoms with van der Waals surface area (Å²) in [7, 11) is -3.20. The van der Waals surface area contributed by atoms with Crippen molar-refractivity contribution < 1.29 is 13.2 Å². The predicted octanol–water partition coefficient (Wildman–Crippen LogP) is -0.212. The second-order valence-electron chi connectivity index (χ2n) is 5.13. The average molecular weight is 292 g/mol. The van der Waals surface area contributed by atoms with Crippen LogP contribution in [0.4, 0.5) is 0 Å². The van der Waals surface area contributed by atoms with Gasteiger partial charge >= 0.3 is 0 Å². The first-order chi connectivity index (χ1) is 8.41. The van der Waals surface area contributed by atoms with Crippen LogP contribution >= 0.6 is 11.8 Å². The molecule has 18 heavy (non-hydrogen) atoms. The minimum Gasteiger partial charge on any atom is -0.324 e. The van der Waals surface area contributed by atoms with Gasteiger partial charge in [-0.1, -0.05) is 6.92 Å². The minimum atomic E-state index is -3.20. The highest BCUT2D eigenvalue weighted by Crippen LogP contribution is 2.25. The number of hydrogen-bond acceptors (Lipinski definition) is 5. The number of sulfone groups is 1. The van der Waals surface area contributed by atoms with Crippen LogP contribution in [0, 0.1) is 11.8 Å². The number of nitrogens with one attached hydrogen (secondary N) is 1. The maximum absolute atomic E-state index is 12.5. The third-order valence-electron chi connectivity index (χ3n) is 3.70. The van der Waals surface area contributed by atoms with Crippen LogP contribution in [0.15, 0.2) is 0 Å². The minimum absolute atomic E-state index is 0.00299. The normalized spacial score (nSPS) is 33.7. The van der Waals surface area contributed by atoms with E-state index in [0.717, 1.165) is 12.3 Å². The van der Waals surface area contributed by atoms with Gasteiger partial charge in [-0.05, 0) is 12.5 Å². The van der Waals surface area contributed by atoms with E-state index in [9.17, 15) is 13.2 Å². The Bertz CT molecular complexity index is 424. The average Bonchev–Trinajstić information content (AvgIpc) is 2.73. The molecule has 2 fully saturated rings. The molecule has 0 spiro atoms. The third-order valence-corrected chi connectivity index (χ3v) is 6.34. The molecule has 2 saturated heterocycles. The van der Waals surface area contributed by atoms with E-state index in [1.54, 1.807) is 16.7 Å². The standard InChI is InChI=1S/C11H20N2O3S2/c1-8-5-12-6-9(8)11(14)13-3-4-17-7-10(13)18(2,15)16/h8-10,12H,3-7H2,1-2H3/t8-,9-,10?/m1/s1. The van der Waals surface area contributed by atoms with Crippen LogP contribution in [0.2, 0.25) is 0 Å². The van der Waals surface area contributed by atoms with Gasteiger partial charge in [0.15, 0.2) is 9.84 Å². The summed E-state index contributed by atoms with van der Waals surface area (Å²) in [4.78, 5) is 14.1. The van der Waals surface area contributed by atoms with Crippen LogP contribution < -0.4 is 5.32 Å². The molecule has 0 aromatic heterocycles. The maximum Gasteiger partial charge on any atom is 0.228 e. The first-order valence-corrected chi connectivity index (χ1v) is 9.30. The van der Waals surface area contributed by atoms with Crippen LogP contribution in [0.1, 0.15) is 6.92 Å². The number of thioether (sulfide) groups is 1. The van der Waals surface area contributed by atoms with Gasteiger partial charge in [-0.2, -0.15) is 11.8 Å².